The van der Waals surface area contributed by atoms with Gasteiger partial charge in [-0.1, -0.05) is 47.6 Å². The van der Waals surface area contributed by atoms with Crippen molar-refractivity contribution in [1.29, 1.82) is 0 Å². The van der Waals surface area contributed by atoms with E-state index in [9.17, 15) is 0 Å². The Morgan fingerprint density at radius 3 is 2.94 bits per heavy atom. The van der Waals surface area contributed by atoms with Gasteiger partial charge in [0.2, 0.25) is 0 Å². The largest absolute Gasteiger partial charge is 0.0913 e. The molecule has 0 aromatic heterocycles. The first-order valence-corrected chi connectivity index (χ1v) is 6.55. The van der Waals surface area contributed by atoms with Gasteiger partial charge in [-0.05, 0) is 51.4 Å². The van der Waals surface area contributed by atoms with Gasteiger partial charge in [0.1, 0.15) is 0 Å². The molecule has 0 aromatic carbocycles. The average molecular weight is 214 g/mol. The Hall–Kier alpha value is -1.04. The minimum atomic E-state index is 0.833. The third-order valence-corrected chi connectivity index (χ3v) is 3.69. The van der Waals surface area contributed by atoms with Crippen LogP contribution in [0.15, 0.2) is 47.6 Å². The van der Waals surface area contributed by atoms with Crippen molar-refractivity contribution in [2.45, 2.75) is 45.4 Å². The van der Waals surface area contributed by atoms with Crippen LogP contribution < -0.4 is 0 Å². The molecule has 86 valence electrons. The van der Waals surface area contributed by atoms with Crippen LogP contribution in [0.3, 0.4) is 0 Å². The van der Waals surface area contributed by atoms with E-state index >= 15 is 0 Å². The maximum absolute atomic E-state index is 2.48. The first-order chi connectivity index (χ1) is 7.90. The predicted octanol–water partition coefficient (Wildman–Crippen LogP) is 4.96. The van der Waals surface area contributed by atoms with Crippen LogP contribution >= 0.6 is 0 Å². The maximum atomic E-state index is 2.48. The van der Waals surface area contributed by atoms with E-state index in [1.165, 1.54) is 38.5 Å². The van der Waals surface area contributed by atoms with Crippen LogP contribution in [-0.4, -0.2) is 0 Å². The lowest BCUT2D eigenvalue weighted by Crippen LogP contribution is -2.09. The molecule has 1 unspecified atom stereocenters. The Morgan fingerprint density at radius 1 is 1.38 bits per heavy atom. The lowest BCUT2D eigenvalue weighted by molar-refractivity contribution is 0.517. The van der Waals surface area contributed by atoms with Gasteiger partial charge in [0.05, 0.1) is 0 Å². The Labute approximate surface area is 99.4 Å². The van der Waals surface area contributed by atoms with Gasteiger partial charge in [0, 0.05) is 0 Å². The Bertz CT molecular complexity index is 339. The van der Waals surface area contributed by atoms with Crippen LogP contribution in [0.1, 0.15) is 45.4 Å². The van der Waals surface area contributed by atoms with Gasteiger partial charge in [-0.3, -0.25) is 0 Å². The molecule has 0 saturated carbocycles. The summed E-state index contributed by atoms with van der Waals surface area (Å²) in [4.78, 5) is 0. The molecule has 0 fully saturated rings. The van der Waals surface area contributed by atoms with Crippen LogP contribution in [0.4, 0.5) is 0 Å². The summed E-state index contributed by atoms with van der Waals surface area (Å²) in [5, 5.41) is 0. The molecule has 1 atom stereocenters. The first-order valence-electron chi connectivity index (χ1n) is 6.55. The molecular formula is C16H22. The van der Waals surface area contributed by atoms with Gasteiger partial charge in [0.25, 0.3) is 0 Å². The SMILES string of the molecule is C/C=C/CC1=CCC(C2=CC=CCC2)CC1. The Morgan fingerprint density at radius 2 is 2.31 bits per heavy atom. The molecule has 0 aromatic rings. The molecule has 0 radical (unpaired) electrons. The lowest BCUT2D eigenvalue weighted by Gasteiger charge is -2.25. The summed E-state index contributed by atoms with van der Waals surface area (Å²) in [5.74, 6) is 0.833. The van der Waals surface area contributed by atoms with Gasteiger partial charge >= 0.3 is 0 Å². The third kappa shape index (κ3) is 2.98. The predicted molar refractivity (Wildman–Crippen MR) is 71.3 cm³/mol. The first kappa shape index (κ1) is 11.4. The van der Waals surface area contributed by atoms with E-state index in [2.05, 4.69) is 43.4 Å². The summed E-state index contributed by atoms with van der Waals surface area (Å²) < 4.78 is 0. The number of allylic oxidation sites excluding steroid dienone is 8. The summed E-state index contributed by atoms with van der Waals surface area (Å²) >= 11 is 0. The molecule has 0 nitrogen and oxygen atoms in total. The Kier molecular flexibility index (Phi) is 4.21. The van der Waals surface area contributed by atoms with Gasteiger partial charge in [0.15, 0.2) is 0 Å². The highest BCUT2D eigenvalue weighted by Crippen LogP contribution is 2.33. The topological polar surface area (TPSA) is 0 Å². The molecular weight excluding hydrogens is 192 g/mol. The highest BCUT2D eigenvalue weighted by atomic mass is 14.2. The zero-order valence-electron chi connectivity index (χ0n) is 10.3. The standard InChI is InChI=1S/C16H22/c1-2-3-7-14-10-12-16(13-11-14)15-8-5-4-6-9-15/h2-5,8,10,16H,6-7,9,11-13H2,1H3/b3-2+. The molecule has 0 bridgehead atoms. The quantitative estimate of drug-likeness (QED) is 0.583. The molecule has 0 N–H and O–H groups in total. The van der Waals surface area contributed by atoms with Crippen molar-refractivity contribution >= 4 is 0 Å². The number of hydrogen-bond donors (Lipinski definition) is 0. The van der Waals surface area contributed by atoms with Crippen LogP contribution in [0.2, 0.25) is 0 Å². The highest BCUT2D eigenvalue weighted by molar-refractivity contribution is 5.23. The van der Waals surface area contributed by atoms with Crippen LogP contribution in [0.5, 0.6) is 0 Å². The highest BCUT2D eigenvalue weighted by Gasteiger charge is 2.17. The van der Waals surface area contributed by atoms with Crippen molar-refractivity contribution in [1.82, 2.24) is 0 Å². The van der Waals surface area contributed by atoms with Crippen LogP contribution in [0, 0.1) is 5.92 Å². The van der Waals surface area contributed by atoms with E-state index in [1.807, 2.05) is 0 Å². The fourth-order valence-corrected chi connectivity index (χ4v) is 2.64. The van der Waals surface area contributed by atoms with Gasteiger partial charge in [-0.25, -0.2) is 0 Å². The summed E-state index contributed by atoms with van der Waals surface area (Å²) in [5.41, 5.74) is 3.32. The lowest BCUT2D eigenvalue weighted by atomic mass is 9.81. The van der Waals surface area contributed by atoms with E-state index in [0.29, 0.717) is 0 Å². The average Bonchev–Trinajstić information content (AvgIpc) is 2.38. The van der Waals surface area contributed by atoms with Gasteiger partial charge < -0.3 is 0 Å². The molecule has 0 spiro atoms. The summed E-state index contributed by atoms with van der Waals surface area (Å²) in [7, 11) is 0. The molecule has 2 aliphatic carbocycles. The third-order valence-electron chi connectivity index (χ3n) is 3.69. The molecule has 0 heterocycles. The zero-order valence-corrected chi connectivity index (χ0v) is 10.3. The normalized spacial score (nSPS) is 25.7. The second-order valence-corrected chi connectivity index (χ2v) is 4.82. The molecule has 2 rings (SSSR count). The molecule has 2 aliphatic rings. The molecule has 16 heavy (non-hydrogen) atoms. The van der Waals surface area contributed by atoms with Crippen molar-refractivity contribution in [2.75, 3.05) is 0 Å². The molecule has 0 saturated heterocycles. The number of rotatable bonds is 3. The van der Waals surface area contributed by atoms with Gasteiger partial charge in [-0.2, -0.15) is 0 Å². The second-order valence-electron chi connectivity index (χ2n) is 4.82. The van der Waals surface area contributed by atoms with Gasteiger partial charge in [-0.15, -0.1) is 0 Å². The molecule has 0 aliphatic heterocycles. The van der Waals surface area contributed by atoms with Crippen LogP contribution in [-0.2, 0) is 0 Å². The van der Waals surface area contributed by atoms with Crippen molar-refractivity contribution < 1.29 is 0 Å². The van der Waals surface area contributed by atoms with Crippen molar-refractivity contribution in [3.63, 3.8) is 0 Å². The molecule has 0 amide bonds. The fourth-order valence-electron chi connectivity index (χ4n) is 2.64. The van der Waals surface area contributed by atoms with Crippen molar-refractivity contribution in [3.8, 4) is 0 Å². The second kappa shape index (κ2) is 5.89. The van der Waals surface area contributed by atoms with E-state index in [1.54, 1.807) is 11.1 Å². The Balaban J connectivity index is 1.91. The van der Waals surface area contributed by atoms with Crippen molar-refractivity contribution in [3.05, 3.63) is 47.6 Å². The van der Waals surface area contributed by atoms with E-state index in [0.717, 1.165) is 5.92 Å². The summed E-state index contributed by atoms with van der Waals surface area (Å²) in [6, 6.07) is 0. The van der Waals surface area contributed by atoms with Crippen molar-refractivity contribution in [2.24, 2.45) is 5.92 Å². The molecule has 0 heteroatoms. The minimum Gasteiger partial charge on any atom is -0.0913 e. The monoisotopic (exact) mass is 214 g/mol. The summed E-state index contributed by atoms with van der Waals surface area (Å²) in [6.07, 6.45) is 21.4. The van der Waals surface area contributed by atoms with Crippen LogP contribution in [0.25, 0.3) is 0 Å². The minimum absolute atomic E-state index is 0.833. The number of hydrogen-bond acceptors (Lipinski definition) is 0. The zero-order chi connectivity index (χ0) is 11.2. The van der Waals surface area contributed by atoms with E-state index in [-0.39, 0.29) is 0 Å². The fraction of sp³-hybridized carbons (Fsp3) is 0.500. The summed E-state index contributed by atoms with van der Waals surface area (Å²) in [6.45, 7) is 2.10. The van der Waals surface area contributed by atoms with E-state index < -0.39 is 0 Å². The maximum Gasteiger partial charge on any atom is -0.0139 e. The van der Waals surface area contributed by atoms with E-state index in [4.69, 9.17) is 0 Å². The smallest absolute Gasteiger partial charge is 0.0139 e.